The van der Waals surface area contributed by atoms with Gasteiger partial charge < -0.3 is 9.80 Å². The Morgan fingerprint density at radius 2 is 1.11 bits per heavy atom. The molecule has 2 rings (SSSR count). The lowest BCUT2D eigenvalue weighted by Gasteiger charge is -2.38. The molecule has 0 aromatic rings. The lowest BCUT2D eigenvalue weighted by Crippen LogP contribution is -2.50. The van der Waals surface area contributed by atoms with Gasteiger partial charge in [-0.1, -0.05) is 27.2 Å². The summed E-state index contributed by atoms with van der Waals surface area (Å²) in [6, 6.07) is 0. The standard InChI is InChI=1S/C16H33N3/c1-16(2,3)15-19-13-11-18(12-14-19)10-9-17-7-5-4-6-8-17/h4-15H2,1-3H3. The molecule has 0 saturated carbocycles. The summed E-state index contributed by atoms with van der Waals surface area (Å²) in [6.07, 6.45) is 4.28. The second-order valence-corrected chi connectivity index (χ2v) is 7.58. The fourth-order valence-corrected chi connectivity index (χ4v) is 3.31. The number of piperazine rings is 1. The van der Waals surface area contributed by atoms with Gasteiger partial charge in [-0.2, -0.15) is 0 Å². The Balaban J connectivity index is 1.60. The van der Waals surface area contributed by atoms with Crippen LogP contribution >= 0.6 is 0 Å². The Morgan fingerprint density at radius 3 is 1.63 bits per heavy atom. The van der Waals surface area contributed by atoms with Crippen molar-refractivity contribution in [3.63, 3.8) is 0 Å². The highest BCUT2D eigenvalue weighted by Gasteiger charge is 2.21. The number of hydrogen-bond acceptors (Lipinski definition) is 3. The van der Waals surface area contributed by atoms with Crippen LogP contribution in [0, 0.1) is 5.41 Å². The van der Waals surface area contributed by atoms with Gasteiger partial charge >= 0.3 is 0 Å². The quantitative estimate of drug-likeness (QED) is 0.773. The Bertz CT molecular complexity index is 245. The Hall–Kier alpha value is -0.120. The van der Waals surface area contributed by atoms with E-state index < -0.39 is 0 Å². The molecule has 0 atom stereocenters. The van der Waals surface area contributed by atoms with E-state index in [1.807, 2.05) is 0 Å². The van der Waals surface area contributed by atoms with Crippen LogP contribution in [0.3, 0.4) is 0 Å². The van der Waals surface area contributed by atoms with Gasteiger partial charge in [0.2, 0.25) is 0 Å². The predicted molar refractivity (Wildman–Crippen MR) is 82.6 cm³/mol. The van der Waals surface area contributed by atoms with Gasteiger partial charge in [0.1, 0.15) is 0 Å². The third-order valence-corrected chi connectivity index (χ3v) is 4.34. The average molecular weight is 267 g/mol. The van der Waals surface area contributed by atoms with Gasteiger partial charge in [0.05, 0.1) is 0 Å². The number of likely N-dealkylation sites (tertiary alicyclic amines) is 1. The zero-order valence-electron chi connectivity index (χ0n) is 13.3. The molecule has 2 fully saturated rings. The molecular weight excluding hydrogens is 234 g/mol. The highest BCUT2D eigenvalue weighted by atomic mass is 15.3. The average Bonchev–Trinajstić information content (AvgIpc) is 2.37. The minimum absolute atomic E-state index is 0.440. The minimum atomic E-state index is 0.440. The predicted octanol–water partition coefficient (Wildman–Crippen LogP) is 2.14. The Labute approximate surface area is 119 Å². The largest absolute Gasteiger partial charge is 0.302 e. The van der Waals surface area contributed by atoms with Crippen molar-refractivity contribution in [3.05, 3.63) is 0 Å². The van der Waals surface area contributed by atoms with Crippen molar-refractivity contribution in [1.82, 2.24) is 14.7 Å². The molecule has 2 aliphatic heterocycles. The van der Waals surface area contributed by atoms with Crippen molar-refractivity contribution in [2.45, 2.75) is 40.0 Å². The first-order valence-electron chi connectivity index (χ1n) is 8.20. The first-order valence-corrected chi connectivity index (χ1v) is 8.20. The highest BCUT2D eigenvalue weighted by molar-refractivity contribution is 4.77. The van der Waals surface area contributed by atoms with E-state index in [1.165, 1.54) is 78.2 Å². The molecule has 3 heteroatoms. The van der Waals surface area contributed by atoms with E-state index in [0.717, 1.165) is 0 Å². The monoisotopic (exact) mass is 267 g/mol. The van der Waals surface area contributed by atoms with Crippen molar-refractivity contribution in [3.8, 4) is 0 Å². The SMILES string of the molecule is CC(C)(C)CN1CCN(CCN2CCCCC2)CC1. The summed E-state index contributed by atoms with van der Waals surface area (Å²) in [5.74, 6) is 0. The van der Waals surface area contributed by atoms with Gasteiger partial charge in [-0.25, -0.2) is 0 Å². The molecule has 2 saturated heterocycles. The summed E-state index contributed by atoms with van der Waals surface area (Å²) in [5.41, 5.74) is 0.440. The molecule has 2 heterocycles. The summed E-state index contributed by atoms with van der Waals surface area (Å²) < 4.78 is 0. The topological polar surface area (TPSA) is 9.72 Å². The van der Waals surface area contributed by atoms with Crippen LogP contribution < -0.4 is 0 Å². The molecule has 0 amide bonds. The summed E-state index contributed by atoms with van der Waals surface area (Å²) in [6.45, 7) is 18.6. The molecule has 0 bridgehead atoms. The van der Waals surface area contributed by atoms with E-state index >= 15 is 0 Å². The lowest BCUT2D eigenvalue weighted by atomic mass is 9.96. The van der Waals surface area contributed by atoms with Crippen LogP contribution in [0.25, 0.3) is 0 Å². The van der Waals surface area contributed by atoms with E-state index in [9.17, 15) is 0 Å². The fourth-order valence-electron chi connectivity index (χ4n) is 3.31. The minimum Gasteiger partial charge on any atom is -0.302 e. The van der Waals surface area contributed by atoms with Gasteiger partial charge in [-0.15, -0.1) is 0 Å². The lowest BCUT2D eigenvalue weighted by molar-refractivity contribution is 0.0915. The zero-order chi connectivity index (χ0) is 13.7. The van der Waals surface area contributed by atoms with Crippen LogP contribution in [0.5, 0.6) is 0 Å². The summed E-state index contributed by atoms with van der Waals surface area (Å²) in [5, 5.41) is 0. The Kier molecular flexibility index (Phi) is 5.67. The zero-order valence-corrected chi connectivity index (χ0v) is 13.3. The molecule has 0 aromatic carbocycles. The van der Waals surface area contributed by atoms with Crippen molar-refractivity contribution in [2.75, 3.05) is 58.9 Å². The molecule has 0 N–H and O–H groups in total. The van der Waals surface area contributed by atoms with Crippen LogP contribution in [-0.2, 0) is 0 Å². The number of hydrogen-bond donors (Lipinski definition) is 0. The van der Waals surface area contributed by atoms with Gasteiger partial charge in [0.15, 0.2) is 0 Å². The first-order chi connectivity index (χ1) is 9.03. The van der Waals surface area contributed by atoms with E-state index in [-0.39, 0.29) is 0 Å². The molecule has 19 heavy (non-hydrogen) atoms. The van der Waals surface area contributed by atoms with Crippen LogP contribution in [0.1, 0.15) is 40.0 Å². The number of nitrogens with zero attached hydrogens (tertiary/aromatic N) is 3. The maximum atomic E-state index is 2.66. The van der Waals surface area contributed by atoms with Crippen LogP contribution in [0.4, 0.5) is 0 Å². The number of piperidine rings is 1. The van der Waals surface area contributed by atoms with Gasteiger partial charge in [-0.3, -0.25) is 4.90 Å². The summed E-state index contributed by atoms with van der Waals surface area (Å²) in [7, 11) is 0. The van der Waals surface area contributed by atoms with Crippen molar-refractivity contribution >= 4 is 0 Å². The molecule has 3 nitrogen and oxygen atoms in total. The molecule has 0 aliphatic carbocycles. The second-order valence-electron chi connectivity index (χ2n) is 7.58. The fraction of sp³-hybridized carbons (Fsp3) is 1.00. The van der Waals surface area contributed by atoms with Crippen LogP contribution in [-0.4, -0.2) is 73.6 Å². The third kappa shape index (κ3) is 5.80. The molecule has 0 spiro atoms. The van der Waals surface area contributed by atoms with Gasteiger partial charge in [0.25, 0.3) is 0 Å². The highest BCUT2D eigenvalue weighted by Crippen LogP contribution is 2.16. The van der Waals surface area contributed by atoms with E-state index in [0.29, 0.717) is 5.41 Å². The maximum absolute atomic E-state index is 2.66. The molecule has 112 valence electrons. The normalized spacial score (nSPS) is 24.8. The van der Waals surface area contributed by atoms with Crippen LogP contribution in [0.2, 0.25) is 0 Å². The summed E-state index contributed by atoms with van der Waals surface area (Å²) in [4.78, 5) is 7.95. The second kappa shape index (κ2) is 7.05. The molecule has 0 radical (unpaired) electrons. The number of rotatable bonds is 4. The first kappa shape index (κ1) is 15.3. The third-order valence-electron chi connectivity index (χ3n) is 4.34. The van der Waals surface area contributed by atoms with Crippen molar-refractivity contribution < 1.29 is 0 Å². The van der Waals surface area contributed by atoms with E-state index in [1.54, 1.807) is 0 Å². The summed E-state index contributed by atoms with van der Waals surface area (Å²) >= 11 is 0. The smallest absolute Gasteiger partial charge is 0.0110 e. The van der Waals surface area contributed by atoms with Crippen LogP contribution in [0.15, 0.2) is 0 Å². The maximum Gasteiger partial charge on any atom is 0.0110 e. The van der Waals surface area contributed by atoms with E-state index in [4.69, 9.17) is 0 Å². The van der Waals surface area contributed by atoms with Crippen molar-refractivity contribution in [1.29, 1.82) is 0 Å². The van der Waals surface area contributed by atoms with Gasteiger partial charge in [-0.05, 0) is 31.3 Å². The van der Waals surface area contributed by atoms with E-state index in [2.05, 4.69) is 35.5 Å². The molecular formula is C16H33N3. The van der Waals surface area contributed by atoms with Gasteiger partial charge in [0, 0.05) is 45.8 Å². The van der Waals surface area contributed by atoms with Crippen molar-refractivity contribution in [2.24, 2.45) is 5.41 Å². The molecule has 0 aromatic heterocycles. The molecule has 2 aliphatic rings. The Morgan fingerprint density at radius 1 is 0.632 bits per heavy atom. The molecule has 0 unspecified atom stereocenters.